The van der Waals surface area contributed by atoms with Crippen molar-refractivity contribution >= 4 is 38.7 Å². The number of benzene rings is 1. The minimum absolute atomic E-state index is 0.361. The van der Waals surface area contributed by atoms with Crippen molar-refractivity contribution in [1.82, 2.24) is 15.0 Å². The van der Waals surface area contributed by atoms with E-state index in [0.29, 0.717) is 16.5 Å². The Labute approximate surface area is 134 Å². The van der Waals surface area contributed by atoms with Crippen molar-refractivity contribution in [3.8, 4) is 17.2 Å². The Morgan fingerprint density at radius 1 is 1.19 bits per heavy atom. The van der Waals surface area contributed by atoms with E-state index in [2.05, 4.69) is 37.0 Å². The van der Waals surface area contributed by atoms with Gasteiger partial charge in [0.1, 0.15) is 6.07 Å². The largest absolute Gasteiger partial charge is 0.230 e. The van der Waals surface area contributed by atoms with Gasteiger partial charge in [0.25, 0.3) is 0 Å². The van der Waals surface area contributed by atoms with Gasteiger partial charge in [0.15, 0.2) is 16.5 Å². The molecule has 0 radical (unpaired) electrons. The number of thioether (sulfide) groups is 1. The number of hydrogen-bond acceptors (Lipinski definition) is 5. The average molecular weight is 357 g/mol. The van der Waals surface area contributed by atoms with Gasteiger partial charge in [-0.1, -0.05) is 45.9 Å². The minimum atomic E-state index is 0.361. The van der Waals surface area contributed by atoms with E-state index < -0.39 is 0 Å². The number of nitrogens with zero attached hydrogens (tertiary/aromatic N) is 4. The van der Waals surface area contributed by atoms with Crippen LogP contribution < -0.4 is 0 Å². The molecule has 102 valence electrons. The first-order valence-electron chi connectivity index (χ1n) is 6.09. The van der Waals surface area contributed by atoms with Crippen molar-refractivity contribution in [1.29, 1.82) is 5.26 Å². The van der Waals surface area contributed by atoms with Crippen LogP contribution in [0.25, 0.3) is 22.2 Å². The molecular weight excluding hydrogens is 348 g/mol. The molecule has 0 bridgehead atoms. The summed E-state index contributed by atoms with van der Waals surface area (Å²) in [7, 11) is 0. The highest BCUT2D eigenvalue weighted by atomic mass is 79.9. The topological polar surface area (TPSA) is 62.5 Å². The van der Waals surface area contributed by atoms with Crippen molar-refractivity contribution in [3.05, 3.63) is 46.7 Å². The third kappa shape index (κ3) is 2.62. The molecule has 21 heavy (non-hydrogen) atoms. The molecule has 0 saturated carbocycles. The first-order valence-corrected chi connectivity index (χ1v) is 8.11. The first kappa shape index (κ1) is 14.0. The lowest BCUT2D eigenvalue weighted by Crippen LogP contribution is -1.95. The monoisotopic (exact) mass is 356 g/mol. The highest BCUT2D eigenvalue weighted by Crippen LogP contribution is 2.31. The fourth-order valence-corrected chi connectivity index (χ4v) is 2.85. The van der Waals surface area contributed by atoms with Crippen molar-refractivity contribution in [3.63, 3.8) is 0 Å². The molecule has 0 unspecified atom stereocenters. The Hall–Kier alpha value is -1.97. The van der Waals surface area contributed by atoms with Crippen LogP contribution in [0.4, 0.5) is 0 Å². The summed E-state index contributed by atoms with van der Waals surface area (Å²) in [5, 5.41) is 10.8. The second kappa shape index (κ2) is 5.80. The Bertz CT molecular complexity index is 873. The van der Waals surface area contributed by atoms with Crippen LogP contribution in [0.1, 0.15) is 5.69 Å². The van der Waals surface area contributed by atoms with Crippen LogP contribution in [0, 0.1) is 11.3 Å². The van der Waals surface area contributed by atoms with Gasteiger partial charge < -0.3 is 0 Å². The zero-order valence-corrected chi connectivity index (χ0v) is 13.4. The summed E-state index contributed by atoms with van der Waals surface area (Å²) in [6.45, 7) is 0. The van der Waals surface area contributed by atoms with E-state index in [-0.39, 0.29) is 0 Å². The van der Waals surface area contributed by atoms with Gasteiger partial charge in [-0.05, 0) is 24.0 Å². The Morgan fingerprint density at radius 2 is 2.00 bits per heavy atom. The lowest BCUT2D eigenvalue weighted by molar-refractivity contribution is 0.990. The maximum atomic E-state index is 9.38. The number of halogens is 1. The number of aromatic nitrogens is 3. The summed E-state index contributed by atoms with van der Waals surface area (Å²) >= 11 is 4.96. The van der Waals surface area contributed by atoms with Gasteiger partial charge in [-0.2, -0.15) is 5.26 Å². The molecule has 0 spiro atoms. The van der Waals surface area contributed by atoms with Crippen molar-refractivity contribution in [2.24, 2.45) is 0 Å². The molecule has 2 heterocycles. The molecule has 0 atom stereocenters. The quantitative estimate of drug-likeness (QED) is 0.512. The molecule has 0 saturated heterocycles. The molecule has 0 aliphatic rings. The molecule has 4 nitrogen and oxygen atoms in total. The summed E-state index contributed by atoms with van der Waals surface area (Å²) in [5.41, 5.74) is 2.61. The van der Waals surface area contributed by atoms with Gasteiger partial charge in [-0.15, -0.1) is 0 Å². The maximum absolute atomic E-state index is 9.38. The molecule has 0 fully saturated rings. The molecule has 2 aromatic heterocycles. The highest BCUT2D eigenvalue weighted by Gasteiger charge is 2.12. The summed E-state index contributed by atoms with van der Waals surface area (Å²) in [5.74, 6) is 0. The van der Waals surface area contributed by atoms with Crippen molar-refractivity contribution in [2.45, 2.75) is 5.16 Å². The van der Waals surface area contributed by atoms with Gasteiger partial charge in [0.05, 0.1) is 0 Å². The van der Waals surface area contributed by atoms with E-state index in [9.17, 15) is 5.26 Å². The third-order valence-electron chi connectivity index (χ3n) is 3.00. The molecule has 3 aromatic rings. The number of hydrogen-bond donors (Lipinski definition) is 0. The van der Waals surface area contributed by atoms with E-state index in [1.807, 2.05) is 36.6 Å². The standard InChI is InChI=1S/C15H9BrN4S/c1-21-15-18-8-9-6-11(10-4-2-3-5-12(10)16)13(7-17)19-14(9)20-15/h2-6,8H,1H3. The zero-order valence-electron chi connectivity index (χ0n) is 11.0. The average Bonchev–Trinajstić information content (AvgIpc) is 2.53. The maximum Gasteiger partial charge on any atom is 0.189 e. The number of nitriles is 1. The van der Waals surface area contributed by atoms with Crippen LogP contribution in [-0.4, -0.2) is 21.2 Å². The Morgan fingerprint density at radius 3 is 2.71 bits per heavy atom. The minimum Gasteiger partial charge on any atom is -0.230 e. The third-order valence-corrected chi connectivity index (χ3v) is 4.25. The lowest BCUT2D eigenvalue weighted by Gasteiger charge is -2.08. The molecule has 1 aromatic carbocycles. The molecule has 3 rings (SSSR count). The molecule has 0 N–H and O–H groups in total. The molecule has 0 amide bonds. The Balaban J connectivity index is 2.29. The van der Waals surface area contributed by atoms with E-state index in [1.54, 1.807) is 6.20 Å². The lowest BCUT2D eigenvalue weighted by atomic mass is 10.0. The van der Waals surface area contributed by atoms with Crippen LogP contribution >= 0.6 is 27.7 Å². The summed E-state index contributed by atoms with van der Waals surface area (Å²) < 4.78 is 0.921. The predicted molar refractivity (Wildman–Crippen MR) is 87.0 cm³/mol. The van der Waals surface area contributed by atoms with E-state index >= 15 is 0 Å². The molecule has 0 aliphatic heterocycles. The second-order valence-corrected chi connectivity index (χ2v) is 5.87. The number of pyridine rings is 1. The van der Waals surface area contributed by atoms with Gasteiger partial charge in [-0.25, -0.2) is 15.0 Å². The normalized spacial score (nSPS) is 10.5. The molecule has 6 heteroatoms. The van der Waals surface area contributed by atoms with Gasteiger partial charge in [0.2, 0.25) is 0 Å². The smallest absolute Gasteiger partial charge is 0.189 e. The highest BCUT2D eigenvalue weighted by molar-refractivity contribution is 9.10. The van der Waals surface area contributed by atoms with Gasteiger partial charge in [-0.3, -0.25) is 0 Å². The summed E-state index contributed by atoms with van der Waals surface area (Å²) in [6, 6.07) is 11.8. The second-order valence-electron chi connectivity index (χ2n) is 4.25. The first-order chi connectivity index (χ1) is 10.2. The van der Waals surface area contributed by atoms with Crippen molar-refractivity contribution in [2.75, 3.05) is 6.26 Å². The summed E-state index contributed by atoms with van der Waals surface area (Å²) in [4.78, 5) is 13.0. The van der Waals surface area contributed by atoms with E-state index in [4.69, 9.17) is 0 Å². The van der Waals surface area contributed by atoms with Crippen LogP contribution in [0.5, 0.6) is 0 Å². The fraction of sp³-hybridized carbons (Fsp3) is 0.0667. The molecule has 0 aliphatic carbocycles. The predicted octanol–water partition coefficient (Wildman–Crippen LogP) is 4.05. The van der Waals surface area contributed by atoms with Crippen LogP contribution in [0.3, 0.4) is 0 Å². The zero-order chi connectivity index (χ0) is 14.8. The Kier molecular flexibility index (Phi) is 3.86. The van der Waals surface area contributed by atoms with Crippen LogP contribution in [0.15, 0.2) is 46.2 Å². The van der Waals surface area contributed by atoms with Crippen molar-refractivity contribution < 1.29 is 0 Å². The van der Waals surface area contributed by atoms with E-state index in [0.717, 1.165) is 21.0 Å². The number of rotatable bonds is 2. The van der Waals surface area contributed by atoms with Crippen LogP contribution in [-0.2, 0) is 0 Å². The molecular formula is C15H9BrN4S. The number of fused-ring (bicyclic) bond motifs is 1. The SMILES string of the molecule is CSc1ncc2cc(-c3ccccc3Br)c(C#N)nc2n1. The van der Waals surface area contributed by atoms with Crippen LogP contribution in [0.2, 0.25) is 0 Å². The fourth-order valence-electron chi connectivity index (χ4n) is 2.02. The van der Waals surface area contributed by atoms with E-state index in [1.165, 1.54) is 11.8 Å². The summed E-state index contributed by atoms with van der Waals surface area (Å²) in [6.07, 6.45) is 3.64. The van der Waals surface area contributed by atoms with Gasteiger partial charge in [0, 0.05) is 21.6 Å². The van der Waals surface area contributed by atoms with Gasteiger partial charge >= 0.3 is 0 Å².